The molecule has 0 amide bonds. The maximum atomic E-state index is 12.7. The summed E-state index contributed by atoms with van der Waals surface area (Å²) in [4.78, 5) is 4.40. The highest BCUT2D eigenvalue weighted by Gasteiger charge is 2.31. The zero-order valence-electron chi connectivity index (χ0n) is 10.9. The van der Waals surface area contributed by atoms with E-state index < -0.39 is 11.7 Å². The predicted molar refractivity (Wildman–Crippen MR) is 73.8 cm³/mol. The minimum absolute atomic E-state index is 0.0977. The number of imidazole rings is 1. The molecule has 1 atom stereocenters. The van der Waals surface area contributed by atoms with E-state index in [4.69, 9.17) is 0 Å². The largest absolute Gasteiger partial charge is 0.416 e. The molecule has 0 aliphatic carbocycles. The second kappa shape index (κ2) is 4.96. The van der Waals surface area contributed by atoms with Crippen molar-refractivity contribution >= 4 is 22.8 Å². The molecule has 0 bridgehead atoms. The maximum absolute atomic E-state index is 12.7. The Hall–Kier alpha value is -1.21. The van der Waals surface area contributed by atoms with Crippen LogP contribution in [0.2, 0.25) is 0 Å². The molecule has 20 heavy (non-hydrogen) atoms. The van der Waals surface area contributed by atoms with Crippen LogP contribution < -0.4 is 5.32 Å². The minimum atomic E-state index is -4.33. The summed E-state index contributed by atoms with van der Waals surface area (Å²) in [7, 11) is 1.85. The highest BCUT2D eigenvalue weighted by molar-refractivity contribution is 7.99. The summed E-state index contributed by atoms with van der Waals surface area (Å²) >= 11 is 1.83. The highest BCUT2D eigenvalue weighted by Crippen LogP contribution is 2.32. The smallest absolute Gasteiger partial charge is 0.330 e. The highest BCUT2D eigenvalue weighted by atomic mass is 32.2. The summed E-state index contributed by atoms with van der Waals surface area (Å²) < 4.78 is 40.1. The van der Waals surface area contributed by atoms with E-state index >= 15 is 0 Å². The van der Waals surface area contributed by atoms with Crippen LogP contribution in [0, 0.1) is 0 Å². The Balaban J connectivity index is 2.04. The van der Waals surface area contributed by atoms with Gasteiger partial charge in [-0.1, -0.05) is 0 Å². The molecule has 1 aromatic heterocycles. The van der Waals surface area contributed by atoms with E-state index in [0.717, 1.165) is 41.5 Å². The number of aromatic nitrogens is 2. The SMILES string of the molecule is Cn1c(C2CSCCN2)nc2cc(C(F)(F)F)ccc21. The van der Waals surface area contributed by atoms with Crippen molar-refractivity contribution in [2.45, 2.75) is 12.2 Å². The van der Waals surface area contributed by atoms with Gasteiger partial charge in [0.2, 0.25) is 0 Å². The van der Waals surface area contributed by atoms with Gasteiger partial charge in [0.05, 0.1) is 22.6 Å². The van der Waals surface area contributed by atoms with Gasteiger partial charge in [0.25, 0.3) is 0 Å². The zero-order chi connectivity index (χ0) is 14.3. The lowest BCUT2D eigenvalue weighted by Crippen LogP contribution is -2.32. The van der Waals surface area contributed by atoms with Crippen LogP contribution in [-0.2, 0) is 13.2 Å². The Morgan fingerprint density at radius 2 is 2.20 bits per heavy atom. The van der Waals surface area contributed by atoms with Crippen LogP contribution in [0.4, 0.5) is 13.2 Å². The Kier molecular flexibility index (Phi) is 3.41. The van der Waals surface area contributed by atoms with Crippen molar-refractivity contribution in [1.29, 1.82) is 0 Å². The quantitative estimate of drug-likeness (QED) is 0.878. The summed E-state index contributed by atoms with van der Waals surface area (Å²) in [6.07, 6.45) is -4.33. The van der Waals surface area contributed by atoms with Gasteiger partial charge in [-0.2, -0.15) is 24.9 Å². The summed E-state index contributed by atoms with van der Waals surface area (Å²) in [5, 5.41) is 3.36. The Bertz CT molecular complexity index is 630. The van der Waals surface area contributed by atoms with Crippen molar-refractivity contribution in [2.75, 3.05) is 18.1 Å². The molecule has 2 aromatic rings. The fraction of sp³-hybridized carbons (Fsp3) is 0.462. The topological polar surface area (TPSA) is 29.9 Å². The number of alkyl halides is 3. The van der Waals surface area contributed by atoms with Gasteiger partial charge in [-0.3, -0.25) is 0 Å². The second-order valence-corrected chi connectivity index (χ2v) is 5.96. The lowest BCUT2D eigenvalue weighted by molar-refractivity contribution is -0.137. The molecule has 108 valence electrons. The van der Waals surface area contributed by atoms with E-state index in [1.165, 1.54) is 6.07 Å². The van der Waals surface area contributed by atoms with Crippen molar-refractivity contribution < 1.29 is 13.2 Å². The first kappa shape index (κ1) is 13.8. The van der Waals surface area contributed by atoms with Crippen LogP contribution >= 0.6 is 11.8 Å². The fourth-order valence-electron chi connectivity index (χ4n) is 2.44. The molecule has 3 nitrogen and oxygen atoms in total. The summed E-state index contributed by atoms with van der Waals surface area (Å²) in [6, 6.07) is 3.82. The number of fused-ring (bicyclic) bond motifs is 1. The number of halogens is 3. The van der Waals surface area contributed by atoms with E-state index in [2.05, 4.69) is 10.3 Å². The van der Waals surface area contributed by atoms with Crippen molar-refractivity contribution in [1.82, 2.24) is 14.9 Å². The van der Waals surface area contributed by atoms with Crippen LogP contribution in [-0.4, -0.2) is 27.6 Å². The molecule has 2 heterocycles. The summed E-state index contributed by atoms with van der Waals surface area (Å²) in [5.74, 6) is 2.74. The molecule has 1 unspecified atom stereocenters. The lowest BCUT2D eigenvalue weighted by Gasteiger charge is -2.22. The number of nitrogens with zero attached hydrogens (tertiary/aromatic N) is 2. The van der Waals surface area contributed by atoms with Gasteiger partial charge in [-0.05, 0) is 18.2 Å². The van der Waals surface area contributed by atoms with Gasteiger partial charge < -0.3 is 9.88 Å². The molecule has 3 rings (SSSR count). The van der Waals surface area contributed by atoms with E-state index in [1.54, 1.807) is 0 Å². The van der Waals surface area contributed by atoms with Gasteiger partial charge in [0.1, 0.15) is 5.82 Å². The Labute approximate surface area is 118 Å². The van der Waals surface area contributed by atoms with Gasteiger partial charge in [-0.25, -0.2) is 4.98 Å². The average Bonchev–Trinajstić information content (AvgIpc) is 2.76. The van der Waals surface area contributed by atoms with Gasteiger partial charge in [0.15, 0.2) is 0 Å². The molecule has 1 N–H and O–H groups in total. The van der Waals surface area contributed by atoms with Crippen molar-refractivity contribution in [3.8, 4) is 0 Å². The number of hydrogen-bond acceptors (Lipinski definition) is 3. The zero-order valence-corrected chi connectivity index (χ0v) is 11.7. The molecule has 0 radical (unpaired) electrons. The summed E-state index contributed by atoms with van der Waals surface area (Å²) in [6.45, 7) is 0.895. The molecular formula is C13H14F3N3S. The monoisotopic (exact) mass is 301 g/mol. The third-order valence-corrected chi connectivity index (χ3v) is 4.54. The number of thioether (sulfide) groups is 1. The molecular weight excluding hydrogens is 287 g/mol. The van der Waals surface area contributed by atoms with E-state index in [1.807, 2.05) is 23.4 Å². The standard InChI is InChI=1S/C13H14F3N3S/c1-19-11-3-2-8(13(14,15)16)6-9(11)18-12(19)10-7-20-5-4-17-10/h2-3,6,10,17H,4-5,7H2,1H3. The third kappa shape index (κ3) is 2.40. The first-order chi connectivity index (χ1) is 9.47. The summed E-state index contributed by atoms with van der Waals surface area (Å²) in [5.41, 5.74) is 0.473. The molecule has 1 saturated heterocycles. The van der Waals surface area contributed by atoms with Crippen LogP contribution in [0.3, 0.4) is 0 Å². The Morgan fingerprint density at radius 3 is 2.85 bits per heavy atom. The first-order valence-corrected chi connectivity index (χ1v) is 7.47. The van der Waals surface area contributed by atoms with Gasteiger partial charge in [-0.15, -0.1) is 0 Å². The minimum Gasteiger partial charge on any atom is -0.330 e. The molecule has 0 spiro atoms. The van der Waals surface area contributed by atoms with E-state index in [9.17, 15) is 13.2 Å². The molecule has 1 aromatic carbocycles. The molecule has 1 aliphatic rings. The number of rotatable bonds is 1. The fourth-order valence-corrected chi connectivity index (χ4v) is 3.37. The third-order valence-electron chi connectivity index (χ3n) is 3.48. The molecule has 1 fully saturated rings. The number of benzene rings is 1. The van der Waals surface area contributed by atoms with Crippen molar-refractivity contribution in [3.05, 3.63) is 29.6 Å². The van der Waals surface area contributed by atoms with Crippen LogP contribution in [0.25, 0.3) is 11.0 Å². The average molecular weight is 301 g/mol. The Morgan fingerprint density at radius 1 is 1.40 bits per heavy atom. The lowest BCUT2D eigenvalue weighted by atomic mass is 10.2. The maximum Gasteiger partial charge on any atom is 0.416 e. The predicted octanol–water partition coefficient (Wildman–Crippen LogP) is 2.97. The van der Waals surface area contributed by atoms with Crippen LogP contribution in [0.1, 0.15) is 17.4 Å². The van der Waals surface area contributed by atoms with Crippen molar-refractivity contribution in [3.63, 3.8) is 0 Å². The number of hydrogen-bond donors (Lipinski definition) is 1. The molecule has 7 heteroatoms. The normalized spacial score (nSPS) is 20.5. The van der Waals surface area contributed by atoms with Crippen LogP contribution in [0.5, 0.6) is 0 Å². The van der Waals surface area contributed by atoms with Gasteiger partial charge >= 0.3 is 6.18 Å². The van der Waals surface area contributed by atoms with Crippen LogP contribution in [0.15, 0.2) is 18.2 Å². The molecule has 0 saturated carbocycles. The van der Waals surface area contributed by atoms with Crippen molar-refractivity contribution in [2.24, 2.45) is 7.05 Å². The van der Waals surface area contributed by atoms with E-state index in [0.29, 0.717) is 5.52 Å². The number of nitrogens with one attached hydrogen (secondary N) is 1. The van der Waals surface area contributed by atoms with E-state index in [-0.39, 0.29) is 6.04 Å². The second-order valence-electron chi connectivity index (χ2n) is 4.81. The first-order valence-electron chi connectivity index (χ1n) is 6.31. The molecule has 1 aliphatic heterocycles. The number of aryl methyl sites for hydroxylation is 1. The van der Waals surface area contributed by atoms with Gasteiger partial charge in [0, 0.05) is 25.1 Å².